The average Bonchev–Trinajstić information content (AvgIpc) is 2.73. The van der Waals surface area contributed by atoms with Crippen molar-refractivity contribution >= 4 is 44.7 Å². The van der Waals surface area contributed by atoms with E-state index in [1.807, 2.05) is 36.4 Å². The zero-order chi connectivity index (χ0) is 18.2. The van der Waals surface area contributed by atoms with Gasteiger partial charge in [0.1, 0.15) is 0 Å². The Labute approximate surface area is 162 Å². The van der Waals surface area contributed by atoms with Gasteiger partial charge >= 0.3 is 0 Å². The number of hydrogen-bond donors (Lipinski definition) is 1. The number of hydrazine groups is 1. The van der Waals surface area contributed by atoms with Gasteiger partial charge in [-0.1, -0.05) is 78.9 Å². The molecule has 4 aromatic carbocycles. The second-order valence-electron chi connectivity index (χ2n) is 6.47. The van der Waals surface area contributed by atoms with Gasteiger partial charge in [-0.25, -0.2) is 0 Å². The molecule has 0 saturated heterocycles. The second-order valence-corrected chi connectivity index (χ2v) is 6.79. The van der Waals surface area contributed by atoms with Crippen LogP contribution in [-0.4, -0.2) is 10.3 Å². The largest absolute Gasteiger partial charge is 0.266 e. The van der Waals surface area contributed by atoms with Crippen molar-refractivity contribution in [3.8, 4) is 0 Å². The van der Waals surface area contributed by atoms with E-state index in [0.29, 0.717) is 0 Å². The summed E-state index contributed by atoms with van der Waals surface area (Å²) >= 11 is 6.27. The van der Waals surface area contributed by atoms with E-state index in [0.717, 1.165) is 22.5 Å². The monoisotopic (exact) mass is 369 g/mol. The van der Waals surface area contributed by atoms with Gasteiger partial charge in [0.25, 0.3) is 0 Å². The first kappa shape index (κ1) is 15.9. The van der Waals surface area contributed by atoms with Crippen molar-refractivity contribution in [3.05, 3.63) is 102 Å². The lowest BCUT2D eigenvalue weighted by molar-refractivity contribution is 0.424. The molecule has 1 aliphatic heterocycles. The van der Waals surface area contributed by atoms with Crippen LogP contribution in [0.2, 0.25) is 0 Å². The minimum Gasteiger partial charge on any atom is -0.266 e. The van der Waals surface area contributed by atoms with E-state index in [1.165, 1.54) is 26.2 Å². The molecule has 4 aromatic rings. The molecule has 5 rings (SSSR count). The van der Waals surface area contributed by atoms with Gasteiger partial charge in [-0.2, -0.15) is 0 Å². The normalized spacial score (nSPS) is 14.0. The van der Waals surface area contributed by atoms with Crippen molar-refractivity contribution in [2.24, 2.45) is 5.10 Å². The Kier molecular flexibility index (Phi) is 3.80. The topological polar surface area (TPSA) is 27.6 Å². The quantitative estimate of drug-likeness (QED) is 0.362. The lowest BCUT2D eigenvalue weighted by Crippen LogP contribution is -2.29. The predicted molar refractivity (Wildman–Crippen MR) is 113 cm³/mol. The maximum Gasteiger partial charge on any atom is 0.0960 e. The Morgan fingerprint density at radius 3 is 2.22 bits per heavy atom. The van der Waals surface area contributed by atoms with Crippen LogP contribution in [-0.2, 0) is 0 Å². The Balaban J connectivity index is 1.75. The summed E-state index contributed by atoms with van der Waals surface area (Å²) in [5, 5.41) is 9.23. The minimum absolute atomic E-state index is 0.816. The van der Waals surface area contributed by atoms with Crippen molar-refractivity contribution < 1.29 is 0 Å². The number of nitrogens with zero attached hydrogens (tertiary/aromatic N) is 2. The number of hydrogen-bond acceptors (Lipinski definition) is 3. The predicted octanol–water partition coefficient (Wildman–Crippen LogP) is 5.71. The molecular formula is C23H16ClN3. The van der Waals surface area contributed by atoms with Gasteiger partial charge in [0.15, 0.2) is 0 Å². The average molecular weight is 370 g/mol. The molecular weight excluding hydrogens is 354 g/mol. The van der Waals surface area contributed by atoms with Crippen LogP contribution in [0.1, 0.15) is 11.1 Å². The molecule has 1 N–H and O–H groups in total. The van der Waals surface area contributed by atoms with E-state index in [2.05, 4.69) is 65.1 Å². The number of nitrogens with one attached hydrogen (secondary N) is 1. The fourth-order valence-electron chi connectivity index (χ4n) is 3.58. The molecule has 0 saturated carbocycles. The number of benzene rings is 4. The van der Waals surface area contributed by atoms with Crippen molar-refractivity contribution in [1.82, 2.24) is 10.1 Å². The second kappa shape index (κ2) is 6.45. The molecule has 0 aromatic heterocycles. The zero-order valence-corrected chi connectivity index (χ0v) is 15.2. The van der Waals surface area contributed by atoms with Crippen molar-refractivity contribution in [1.29, 1.82) is 0 Å². The molecule has 0 unspecified atom stereocenters. The fourth-order valence-corrected chi connectivity index (χ4v) is 3.75. The summed E-state index contributed by atoms with van der Waals surface area (Å²) < 4.78 is 1.25. The van der Waals surface area contributed by atoms with Crippen molar-refractivity contribution in [2.45, 2.75) is 0 Å². The van der Waals surface area contributed by atoms with Crippen LogP contribution in [0.5, 0.6) is 0 Å². The summed E-state index contributed by atoms with van der Waals surface area (Å²) in [7, 11) is 0. The van der Waals surface area contributed by atoms with Crippen LogP contribution in [0.4, 0.5) is 0 Å². The number of fused-ring (bicyclic) bond motifs is 3. The number of rotatable bonds is 2. The van der Waals surface area contributed by atoms with E-state index >= 15 is 0 Å². The van der Waals surface area contributed by atoms with Gasteiger partial charge in [-0.15, -0.1) is 9.74 Å². The van der Waals surface area contributed by atoms with Gasteiger partial charge in [0.05, 0.1) is 23.2 Å². The minimum atomic E-state index is 0.816. The highest BCUT2D eigenvalue weighted by Gasteiger charge is 2.17. The van der Waals surface area contributed by atoms with Gasteiger partial charge in [0.2, 0.25) is 0 Å². The van der Waals surface area contributed by atoms with Gasteiger partial charge in [-0.3, -0.25) is 5.43 Å². The summed E-state index contributed by atoms with van der Waals surface area (Å²) in [5.74, 6) is 0. The summed E-state index contributed by atoms with van der Waals surface area (Å²) in [5.41, 5.74) is 7.01. The molecule has 0 atom stereocenters. The third kappa shape index (κ3) is 2.82. The molecule has 0 spiro atoms. The van der Waals surface area contributed by atoms with E-state index in [-0.39, 0.29) is 0 Å². The van der Waals surface area contributed by atoms with Gasteiger partial charge < -0.3 is 0 Å². The first-order chi connectivity index (χ1) is 13.3. The highest BCUT2D eigenvalue weighted by molar-refractivity contribution is 6.19. The van der Waals surface area contributed by atoms with E-state index in [9.17, 15) is 0 Å². The summed E-state index contributed by atoms with van der Waals surface area (Å²) in [6.45, 7) is 0. The Morgan fingerprint density at radius 2 is 1.41 bits per heavy atom. The third-order valence-corrected chi connectivity index (χ3v) is 4.98. The molecule has 0 radical (unpaired) electrons. The molecule has 0 amide bonds. The first-order valence-corrected chi connectivity index (χ1v) is 9.12. The highest BCUT2D eigenvalue weighted by Crippen LogP contribution is 2.32. The maximum absolute atomic E-state index is 6.27. The Morgan fingerprint density at radius 1 is 0.741 bits per heavy atom. The molecule has 27 heavy (non-hydrogen) atoms. The van der Waals surface area contributed by atoms with E-state index in [1.54, 1.807) is 0 Å². The summed E-state index contributed by atoms with van der Waals surface area (Å²) in [6, 6.07) is 29.1. The molecule has 0 aliphatic carbocycles. The van der Waals surface area contributed by atoms with Crippen LogP contribution in [0.3, 0.4) is 0 Å². The van der Waals surface area contributed by atoms with Crippen LogP contribution in [0, 0.1) is 0 Å². The Hall–Kier alpha value is -3.30. The molecule has 3 nitrogen and oxygen atoms in total. The van der Waals surface area contributed by atoms with Crippen LogP contribution >= 0.6 is 11.8 Å². The van der Waals surface area contributed by atoms with E-state index < -0.39 is 0 Å². The highest BCUT2D eigenvalue weighted by atomic mass is 35.5. The lowest BCUT2D eigenvalue weighted by Gasteiger charge is -2.23. The summed E-state index contributed by atoms with van der Waals surface area (Å²) in [4.78, 5) is 0. The standard InChI is InChI=1S/C23H16ClN3/c24-27-25-22(16-8-2-1-3-9-16)15-23(26-27)21-14-17-10-4-5-11-18(17)19-12-6-7-13-20(19)21/h1-15,26H. The first-order valence-electron chi connectivity index (χ1n) is 8.79. The molecule has 4 heteroatoms. The number of halogens is 1. The van der Waals surface area contributed by atoms with Crippen LogP contribution < -0.4 is 5.43 Å². The smallest absolute Gasteiger partial charge is 0.0960 e. The molecule has 0 bridgehead atoms. The molecule has 1 aliphatic rings. The summed E-state index contributed by atoms with van der Waals surface area (Å²) in [6.07, 6.45) is 2.05. The third-order valence-electron chi connectivity index (χ3n) is 4.82. The van der Waals surface area contributed by atoms with Gasteiger partial charge in [-0.05, 0) is 33.7 Å². The maximum atomic E-state index is 6.27. The van der Waals surface area contributed by atoms with Crippen LogP contribution in [0.15, 0.2) is 96.1 Å². The van der Waals surface area contributed by atoms with Crippen LogP contribution in [0.25, 0.3) is 27.2 Å². The number of allylic oxidation sites excluding steroid dienone is 1. The Bertz CT molecular complexity index is 1210. The zero-order valence-electron chi connectivity index (χ0n) is 14.4. The molecule has 0 fully saturated rings. The lowest BCUT2D eigenvalue weighted by atomic mass is 9.95. The SMILES string of the molecule is ClN1N=C(c2ccccc2)C=C(c2cc3ccccc3c3ccccc23)N1. The van der Waals surface area contributed by atoms with E-state index in [4.69, 9.17) is 11.8 Å². The number of hydrazone groups is 1. The van der Waals surface area contributed by atoms with Crippen molar-refractivity contribution in [2.75, 3.05) is 0 Å². The van der Waals surface area contributed by atoms with Gasteiger partial charge in [0, 0.05) is 11.1 Å². The molecule has 130 valence electrons. The molecule has 1 heterocycles. The fraction of sp³-hybridized carbons (Fsp3) is 0. The van der Waals surface area contributed by atoms with Crippen molar-refractivity contribution in [3.63, 3.8) is 0 Å².